The maximum Gasteiger partial charge on any atom is -0.00488 e. The molecular formula is C11H25N. The molecule has 0 radical (unpaired) electrons. The molecule has 0 saturated heterocycles. The fourth-order valence-electron chi connectivity index (χ4n) is 1.51. The second kappa shape index (κ2) is 9.05. The first-order valence-corrected chi connectivity index (χ1v) is 5.52. The van der Waals surface area contributed by atoms with E-state index in [9.17, 15) is 0 Å². The van der Waals surface area contributed by atoms with E-state index in [-0.39, 0.29) is 0 Å². The molecule has 0 heterocycles. The normalized spacial score (nSPS) is 13.2. The van der Waals surface area contributed by atoms with Crippen LogP contribution >= 0.6 is 0 Å². The maximum atomic E-state index is 3.43. The molecule has 0 spiro atoms. The average Bonchev–Trinajstić information content (AvgIpc) is 2.05. The number of hydrogen-bond donors (Lipinski definition) is 1. The summed E-state index contributed by atoms with van der Waals surface area (Å²) >= 11 is 0. The van der Waals surface area contributed by atoms with Crippen molar-refractivity contribution >= 4 is 0 Å². The van der Waals surface area contributed by atoms with Crippen molar-refractivity contribution < 1.29 is 0 Å². The molecule has 0 amide bonds. The molecule has 0 aromatic rings. The summed E-state index contributed by atoms with van der Waals surface area (Å²) in [7, 11) is 0. The molecule has 0 saturated carbocycles. The van der Waals surface area contributed by atoms with Gasteiger partial charge in [0.05, 0.1) is 0 Å². The van der Waals surface area contributed by atoms with Crippen molar-refractivity contribution in [1.82, 2.24) is 5.32 Å². The first-order valence-electron chi connectivity index (χ1n) is 5.52. The van der Waals surface area contributed by atoms with E-state index in [0.29, 0.717) is 0 Å². The van der Waals surface area contributed by atoms with Crippen molar-refractivity contribution in [3.8, 4) is 0 Å². The van der Waals surface area contributed by atoms with Crippen molar-refractivity contribution in [2.75, 3.05) is 13.1 Å². The SMILES string of the molecule is CCCNCCCC(C)CCC. The second-order valence-corrected chi connectivity index (χ2v) is 3.79. The van der Waals surface area contributed by atoms with Gasteiger partial charge in [-0.05, 0) is 38.3 Å². The van der Waals surface area contributed by atoms with Crippen LogP contribution in [0.3, 0.4) is 0 Å². The Labute approximate surface area is 77.9 Å². The van der Waals surface area contributed by atoms with Gasteiger partial charge in [0.15, 0.2) is 0 Å². The molecule has 0 fully saturated rings. The van der Waals surface area contributed by atoms with Crippen LogP contribution in [-0.2, 0) is 0 Å². The first kappa shape index (κ1) is 12.0. The van der Waals surface area contributed by atoms with E-state index < -0.39 is 0 Å². The van der Waals surface area contributed by atoms with Crippen LogP contribution in [0.4, 0.5) is 0 Å². The smallest absolute Gasteiger partial charge is 0.00488 e. The summed E-state index contributed by atoms with van der Waals surface area (Å²) in [5.74, 6) is 0.929. The predicted octanol–water partition coefficient (Wildman–Crippen LogP) is 3.20. The standard InChI is InChI=1S/C11H25N/c1-4-7-11(3)8-6-10-12-9-5-2/h11-12H,4-10H2,1-3H3. The molecule has 74 valence electrons. The van der Waals surface area contributed by atoms with E-state index in [0.717, 1.165) is 5.92 Å². The molecule has 1 N–H and O–H groups in total. The van der Waals surface area contributed by atoms with Gasteiger partial charge in [0, 0.05) is 0 Å². The van der Waals surface area contributed by atoms with Crippen LogP contribution in [-0.4, -0.2) is 13.1 Å². The molecule has 0 aromatic heterocycles. The van der Waals surface area contributed by atoms with Gasteiger partial charge in [0.1, 0.15) is 0 Å². The molecule has 0 bridgehead atoms. The Kier molecular flexibility index (Phi) is 9.02. The summed E-state index contributed by atoms with van der Waals surface area (Å²) in [4.78, 5) is 0. The summed E-state index contributed by atoms with van der Waals surface area (Å²) in [6.07, 6.45) is 6.73. The zero-order valence-electron chi connectivity index (χ0n) is 9.03. The van der Waals surface area contributed by atoms with E-state index in [1.54, 1.807) is 0 Å². The Morgan fingerprint density at radius 1 is 1.00 bits per heavy atom. The third kappa shape index (κ3) is 8.06. The summed E-state index contributed by atoms with van der Waals surface area (Å²) in [6, 6.07) is 0. The molecule has 1 nitrogen and oxygen atoms in total. The van der Waals surface area contributed by atoms with E-state index in [1.165, 1.54) is 45.2 Å². The minimum Gasteiger partial charge on any atom is -0.317 e. The molecular weight excluding hydrogens is 146 g/mol. The van der Waals surface area contributed by atoms with Gasteiger partial charge in [-0.3, -0.25) is 0 Å². The number of rotatable bonds is 8. The number of hydrogen-bond acceptors (Lipinski definition) is 1. The van der Waals surface area contributed by atoms with Gasteiger partial charge in [-0.1, -0.05) is 33.6 Å². The lowest BCUT2D eigenvalue weighted by molar-refractivity contribution is 0.459. The van der Waals surface area contributed by atoms with Crippen molar-refractivity contribution in [3.63, 3.8) is 0 Å². The third-order valence-electron chi connectivity index (χ3n) is 2.26. The van der Waals surface area contributed by atoms with Crippen LogP contribution in [0.1, 0.15) is 52.9 Å². The Hall–Kier alpha value is -0.0400. The van der Waals surface area contributed by atoms with Gasteiger partial charge < -0.3 is 5.32 Å². The lowest BCUT2D eigenvalue weighted by atomic mass is 10.0. The highest BCUT2D eigenvalue weighted by Crippen LogP contribution is 2.11. The minimum atomic E-state index is 0.929. The van der Waals surface area contributed by atoms with Gasteiger partial charge in [0.25, 0.3) is 0 Å². The fourth-order valence-corrected chi connectivity index (χ4v) is 1.51. The highest BCUT2D eigenvalue weighted by molar-refractivity contribution is 4.54. The summed E-state index contributed by atoms with van der Waals surface area (Å²) in [6.45, 7) is 9.24. The number of nitrogens with one attached hydrogen (secondary N) is 1. The predicted molar refractivity (Wildman–Crippen MR) is 56.5 cm³/mol. The minimum absolute atomic E-state index is 0.929. The van der Waals surface area contributed by atoms with Gasteiger partial charge in [-0.15, -0.1) is 0 Å². The summed E-state index contributed by atoms with van der Waals surface area (Å²) in [5, 5.41) is 3.43. The highest BCUT2D eigenvalue weighted by Gasteiger charge is 1.98. The molecule has 1 unspecified atom stereocenters. The Balaban J connectivity index is 2.97. The van der Waals surface area contributed by atoms with Gasteiger partial charge in [-0.25, -0.2) is 0 Å². The van der Waals surface area contributed by atoms with E-state index in [1.807, 2.05) is 0 Å². The van der Waals surface area contributed by atoms with Gasteiger partial charge >= 0.3 is 0 Å². The Morgan fingerprint density at radius 2 is 1.75 bits per heavy atom. The third-order valence-corrected chi connectivity index (χ3v) is 2.26. The van der Waals surface area contributed by atoms with Crippen molar-refractivity contribution in [2.24, 2.45) is 5.92 Å². The Morgan fingerprint density at radius 3 is 2.33 bits per heavy atom. The second-order valence-electron chi connectivity index (χ2n) is 3.79. The zero-order chi connectivity index (χ0) is 9.23. The van der Waals surface area contributed by atoms with E-state index in [2.05, 4.69) is 26.1 Å². The zero-order valence-corrected chi connectivity index (χ0v) is 9.03. The highest BCUT2D eigenvalue weighted by atomic mass is 14.8. The molecule has 0 aliphatic carbocycles. The largest absolute Gasteiger partial charge is 0.317 e. The van der Waals surface area contributed by atoms with Crippen LogP contribution in [0.15, 0.2) is 0 Å². The van der Waals surface area contributed by atoms with Crippen LogP contribution in [0.25, 0.3) is 0 Å². The molecule has 0 aliphatic heterocycles. The topological polar surface area (TPSA) is 12.0 Å². The molecule has 0 aromatic carbocycles. The quantitative estimate of drug-likeness (QED) is 0.553. The molecule has 0 rings (SSSR count). The average molecular weight is 171 g/mol. The van der Waals surface area contributed by atoms with E-state index in [4.69, 9.17) is 0 Å². The summed E-state index contributed by atoms with van der Waals surface area (Å²) < 4.78 is 0. The monoisotopic (exact) mass is 171 g/mol. The summed E-state index contributed by atoms with van der Waals surface area (Å²) in [5.41, 5.74) is 0. The Bertz CT molecular complexity index is 81.1. The molecule has 12 heavy (non-hydrogen) atoms. The lowest BCUT2D eigenvalue weighted by Gasteiger charge is -2.09. The van der Waals surface area contributed by atoms with Crippen LogP contribution in [0.2, 0.25) is 0 Å². The van der Waals surface area contributed by atoms with Crippen molar-refractivity contribution in [1.29, 1.82) is 0 Å². The fraction of sp³-hybridized carbons (Fsp3) is 1.00. The van der Waals surface area contributed by atoms with Gasteiger partial charge in [0.2, 0.25) is 0 Å². The van der Waals surface area contributed by atoms with Crippen molar-refractivity contribution in [2.45, 2.75) is 52.9 Å². The maximum absolute atomic E-state index is 3.43. The van der Waals surface area contributed by atoms with Crippen molar-refractivity contribution in [3.05, 3.63) is 0 Å². The molecule has 1 heteroatoms. The molecule has 1 atom stereocenters. The van der Waals surface area contributed by atoms with E-state index >= 15 is 0 Å². The van der Waals surface area contributed by atoms with Crippen LogP contribution in [0, 0.1) is 5.92 Å². The molecule has 0 aliphatic rings. The first-order chi connectivity index (χ1) is 5.81. The lowest BCUT2D eigenvalue weighted by Crippen LogP contribution is -2.16. The van der Waals surface area contributed by atoms with Gasteiger partial charge in [-0.2, -0.15) is 0 Å². The van der Waals surface area contributed by atoms with Crippen LogP contribution in [0.5, 0.6) is 0 Å². The van der Waals surface area contributed by atoms with Crippen LogP contribution < -0.4 is 5.32 Å².